The van der Waals surface area contributed by atoms with Crippen LogP contribution in [0.2, 0.25) is 0 Å². The van der Waals surface area contributed by atoms with E-state index in [0.717, 1.165) is 17.4 Å². The molecule has 0 N–H and O–H groups in total. The SMILES string of the molecule is CCCn1cc(-c2ccc(Br)cc2)cn1. The molecule has 78 valence electrons. The summed E-state index contributed by atoms with van der Waals surface area (Å²) in [6.45, 7) is 3.14. The fraction of sp³-hybridized carbons (Fsp3) is 0.250. The maximum absolute atomic E-state index is 4.31. The van der Waals surface area contributed by atoms with Crippen molar-refractivity contribution in [2.45, 2.75) is 19.9 Å². The molecule has 15 heavy (non-hydrogen) atoms. The van der Waals surface area contributed by atoms with Crippen LogP contribution < -0.4 is 0 Å². The molecular weight excluding hydrogens is 252 g/mol. The zero-order valence-corrected chi connectivity index (χ0v) is 10.2. The van der Waals surface area contributed by atoms with E-state index in [1.807, 2.05) is 23.0 Å². The summed E-state index contributed by atoms with van der Waals surface area (Å²) in [5, 5.41) is 4.31. The first-order valence-electron chi connectivity index (χ1n) is 5.08. The Morgan fingerprint density at radius 2 is 1.93 bits per heavy atom. The first-order chi connectivity index (χ1) is 7.29. The molecule has 0 atom stereocenters. The zero-order valence-electron chi connectivity index (χ0n) is 8.65. The van der Waals surface area contributed by atoms with Gasteiger partial charge in [-0.15, -0.1) is 0 Å². The average Bonchev–Trinajstić information content (AvgIpc) is 2.68. The summed E-state index contributed by atoms with van der Waals surface area (Å²) < 4.78 is 3.09. The summed E-state index contributed by atoms with van der Waals surface area (Å²) in [7, 11) is 0. The van der Waals surface area contributed by atoms with E-state index in [1.54, 1.807) is 0 Å². The Balaban J connectivity index is 2.25. The molecule has 0 bridgehead atoms. The van der Waals surface area contributed by atoms with Crippen LogP contribution in [0.4, 0.5) is 0 Å². The average molecular weight is 265 g/mol. The van der Waals surface area contributed by atoms with Crippen molar-refractivity contribution >= 4 is 15.9 Å². The smallest absolute Gasteiger partial charge is 0.0568 e. The summed E-state index contributed by atoms with van der Waals surface area (Å²) >= 11 is 3.43. The van der Waals surface area contributed by atoms with Crippen LogP contribution >= 0.6 is 15.9 Å². The Kier molecular flexibility index (Phi) is 3.21. The largest absolute Gasteiger partial charge is 0.272 e. The minimum absolute atomic E-state index is 0.983. The number of hydrogen-bond acceptors (Lipinski definition) is 1. The van der Waals surface area contributed by atoms with Gasteiger partial charge < -0.3 is 0 Å². The Hall–Kier alpha value is -1.09. The molecule has 1 aromatic carbocycles. The lowest BCUT2D eigenvalue weighted by molar-refractivity contribution is 0.603. The third-order valence-corrected chi connectivity index (χ3v) is 2.79. The minimum Gasteiger partial charge on any atom is -0.272 e. The highest BCUT2D eigenvalue weighted by Crippen LogP contribution is 2.20. The number of aromatic nitrogens is 2. The molecule has 0 fully saturated rings. The van der Waals surface area contributed by atoms with E-state index in [1.165, 1.54) is 11.1 Å². The van der Waals surface area contributed by atoms with Crippen LogP contribution in [0.15, 0.2) is 41.1 Å². The summed E-state index contributed by atoms with van der Waals surface area (Å²) in [6, 6.07) is 8.29. The predicted octanol–water partition coefficient (Wildman–Crippen LogP) is 3.72. The second-order valence-electron chi connectivity index (χ2n) is 3.50. The number of rotatable bonds is 3. The topological polar surface area (TPSA) is 17.8 Å². The van der Waals surface area contributed by atoms with Crippen molar-refractivity contribution in [3.63, 3.8) is 0 Å². The van der Waals surface area contributed by atoms with Crippen LogP contribution in [0.25, 0.3) is 11.1 Å². The number of hydrogen-bond donors (Lipinski definition) is 0. The van der Waals surface area contributed by atoms with Crippen molar-refractivity contribution in [2.75, 3.05) is 0 Å². The maximum Gasteiger partial charge on any atom is 0.0568 e. The fourth-order valence-corrected chi connectivity index (χ4v) is 1.77. The molecule has 0 saturated carbocycles. The molecule has 2 aromatic rings. The lowest BCUT2D eigenvalue weighted by Crippen LogP contribution is -1.95. The zero-order chi connectivity index (χ0) is 10.7. The van der Waals surface area contributed by atoms with Gasteiger partial charge in [-0.05, 0) is 24.1 Å². The highest BCUT2D eigenvalue weighted by molar-refractivity contribution is 9.10. The molecular formula is C12H13BrN2. The molecule has 0 amide bonds. The van der Waals surface area contributed by atoms with E-state index in [2.05, 4.69) is 46.3 Å². The number of halogens is 1. The third kappa shape index (κ3) is 2.48. The molecule has 0 aliphatic rings. The molecule has 1 heterocycles. The van der Waals surface area contributed by atoms with Crippen molar-refractivity contribution in [3.05, 3.63) is 41.1 Å². The van der Waals surface area contributed by atoms with E-state index >= 15 is 0 Å². The van der Waals surface area contributed by atoms with E-state index in [-0.39, 0.29) is 0 Å². The van der Waals surface area contributed by atoms with Gasteiger partial charge in [-0.3, -0.25) is 4.68 Å². The predicted molar refractivity (Wildman–Crippen MR) is 65.7 cm³/mol. The first-order valence-corrected chi connectivity index (χ1v) is 5.87. The van der Waals surface area contributed by atoms with Crippen LogP contribution in [0.5, 0.6) is 0 Å². The quantitative estimate of drug-likeness (QED) is 0.826. The van der Waals surface area contributed by atoms with Gasteiger partial charge in [0.25, 0.3) is 0 Å². The van der Waals surface area contributed by atoms with Crippen LogP contribution in [0.3, 0.4) is 0 Å². The minimum atomic E-state index is 0.983. The third-order valence-electron chi connectivity index (χ3n) is 2.26. The van der Waals surface area contributed by atoms with E-state index in [9.17, 15) is 0 Å². The van der Waals surface area contributed by atoms with E-state index < -0.39 is 0 Å². The van der Waals surface area contributed by atoms with Gasteiger partial charge in [-0.25, -0.2) is 0 Å². The van der Waals surface area contributed by atoms with Crippen molar-refractivity contribution < 1.29 is 0 Å². The van der Waals surface area contributed by atoms with Gasteiger partial charge in [0.2, 0.25) is 0 Å². The summed E-state index contributed by atoms with van der Waals surface area (Å²) in [6.07, 6.45) is 5.12. The number of benzene rings is 1. The Morgan fingerprint density at radius 3 is 2.60 bits per heavy atom. The van der Waals surface area contributed by atoms with Gasteiger partial charge in [0, 0.05) is 22.8 Å². The van der Waals surface area contributed by atoms with Gasteiger partial charge >= 0.3 is 0 Å². The molecule has 0 aliphatic heterocycles. The normalized spacial score (nSPS) is 10.5. The van der Waals surface area contributed by atoms with Crippen LogP contribution in [0.1, 0.15) is 13.3 Å². The van der Waals surface area contributed by atoms with Gasteiger partial charge in [-0.1, -0.05) is 35.0 Å². The van der Waals surface area contributed by atoms with Crippen LogP contribution in [-0.2, 0) is 6.54 Å². The second-order valence-corrected chi connectivity index (χ2v) is 4.41. The number of nitrogens with zero attached hydrogens (tertiary/aromatic N) is 2. The van der Waals surface area contributed by atoms with Crippen molar-refractivity contribution in [1.82, 2.24) is 9.78 Å². The van der Waals surface area contributed by atoms with Gasteiger partial charge in [-0.2, -0.15) is 5.10 Å². The maximum atomic E-state index is 4.31. The molecule has 0 radical (unpaired) electrons. The highest BCUT2D eigenvalue weighted by atomic mass is 79.9. The Bertz CT molecular complexity index is 431. The Labute approximate surface area is 98.1 Å². The molecule has 2 nitrogen and oxygen atoms in total. The van der Waals surface area contributed by atoms with E-state index in [4.69, 9.17) is 0 Å². The molecule has 0 unspecified atom stereocenters. The van der Waals surface area contributed by atoms with Gasteiger partial charge in [0.15, 0.2) is 0 Å². The summed E-state index contributed by atoms with van der Waals surface area (Å²) in [5.74, 6) is 0. The lowest BCUT2D eigenvalue weighted by atomic mass is 10.1. The number of aryl methyl sites for hydroxylation is 1. The molecule has 1 aromatic heterocycles. The molecule has 3 heteroatoms. The second kappa shape index (κ2) is 4.62. The van der Waals surface area contributed by atoms with Crippen LogP contribution in [-0.4, -0.2) is 9.78 Å². The van der Waals surface area contributed by atoms with E-state index in [0.29, 0.717) is 0 Å². The van der Waals surface area contributed by atoms with Gasteiger partial charge in [0.05, 0.1) is 6.20 Å². The first kappa shape index (κ1) is 10.4. The van der Waals surface area contributed by atoms with Crippen molar-refractivity contribution in [1.29, 1.82) is 0 Å². The summed E-state index contributed by atoms with van der Waals surface area (Å²) in [4.78, 5) is 0. The summed E-state index contributed by atoms with van der Waals surface area (Å²) in [5.41, 5.74) is 2.39. The van der Waals surface area contributed by atoms with Gasteiger partial charge in [0.1, 0.15) is 0 Å². The molecule has 0 aliphatic carbocycles. The molecule has 0 saturated heterocycles. The van der Waals surface area contributed by atoms with Crippen molar-refractivity contribution in [3.8, 4) is 11.1 Å². The Morgan fingerprint density at radius 1 is 1.20 bits per heavy atom. The monoisotopic (exact) mass is 264 g/mol. The van der Waals surface area contributed by atoms with Crippen molar-refractivity contribution in [2.24, 2.45) is 0 Å². The standard InChI is InChI=1S/C12H13BrN2/c1-2-7-15-9-11(8-14-15)10-3-5-12(13)6-4-10/h3-6,8-9H,2,7H2,1H3. The highest BCUT2D eigenvalue weighted by Gasteiger charge is 2.00. The fourth-order valence-electron chi connectivity index (χ4n) is 1.51. The lowest BCUT2D eigenvalue weighted by Gasteiger charge is -1.97. The molecule has 0 spiro atoms. The van der Waals surface area contributed by atoms with Crippen LogP contribution in [0, 0.1) is 0 Å². The molecule has 2 rings (SSSR count).